The summed E-state index contributed by atoms with van der Waals surface area (Å²) in [6.07, 6.45) is -0.0837. The maximum Gasteiger partial charge on any atom is 0.209 e. The third-order valence-corrected chi connectivity index (χ3v) is 1.96. The molecule has 0 unspecified atom stereocenters. The number of piperidine rings is 1. The van der Waals surface area contributed by atoms with Crippen LogP contribution in [0.4, 0.5) is 4.39 Å². The van der Waals surface area contributed by atoms with Crippen molar-refractivity contribution in [2.24, 2.45) is 0 Å². The number of halogens is 1. The van der Waals surface area contributed by atoms with E-state index in [1.165, 1.54) is 12.0 Å². The Morgan fingerprint density at radius 2 is 2.45 bits per heavy atom. The average Bonchev–Trinajstić information content (AvgIpc) is 2.04. The van der Waals surface area contributed by atoms with Crippen molar-refractivity contribution in [3.05, 3.63) is 0 Å². The van der Waals surface area contributed by atoms with E-state index in [2.05, 4.69) is 0 Å². The highest BCUT2D eigenvalue weighted by Crippen LogP contribution is 2.14. The normalized spacial score (nSPS) is 32.0. The molecule has 11 heavy (non-hydrogen) atoms. The summed E-state index contributed by atoms with van der Waals surface area (Å²) in [5.74, 6) is 0. The lowest BCUT2D eigenvalue weighted by atomic mass is 10.1. The van der Waals surface area contributed by atoms with Crippen LogP contribution < -0.4 is 0 Å². The van der Waals surface area contributed by atoms with Crippen molar-refractivity contribution < 1.29 is 13.9 Å². The molecule has 1 rings (SSSR count). The Morgan fingerprint density at radius 1 is 1.73 bits per heavy atom. The van der Waals surface area contributed by atoms with Crippen molar-refractivity contribution in [3.8, 4) is 0 Å². The molecular weight excluding hydrogens is 149 g/mol. The van der Waals surface area contributed by atoms with Crippen molar-refractivity contribution in [3.63, 3.8) is 0 Å². The highest BCUT2D eigenvalue weighted by atomic mass is 19.1. The molecular formula is C7H12FNO2. The Hall–Kier alpha value is -0.640. The van der Waals surface area contributed by atoms with E-state index in [1.807, 2.05) is 0 Å². The first kappa shape index (κ1) is 8.46. The molecule has 0 aromatic rings. The molecule has 3 nitrogen and oxygen atoms in total. The molecule has 1 aliphatic rings. The molecule has 1 saturated heterocycles. The third-order valence-electron chi connectivity index (χ3n) is 1.96. The minimum absolute atomic E-state index is 0.169. The Morgan fingerprint density at radius 3 is 2.91 bits per heavy atom. The number of likely N-dealkylation sites (tertiary alicyclic amines) is 1. The quantitative estimate of drug-likeness (QED) is 0.541. The van der Waals surface area contributed by atoms with Crippen molar-refractivity contribution >= 4 is 6.41 Å². The van der Waals surface area contributed by atoms with Crippen LogP contribution in [0.25, 0.3) is 0 Å². The van der Waals surface area contributed by atoms with Gasteiger partial charge in [-0.2, -0.15) is 0 Å². The molecule has 0 spiro atoms. The lowest BCUT2D eigenvalue weighted by Gasteiger charge is -2.31. The van der Waals surface area contributed by atoms with Gasteiger partial charge < -0.3 is 9.64 Å². The van der Waals surface area contributed by atoms with Crippen LogP contribution in [0.1, 0.15) is 6.42 Å². The van der Waals surface area contributed by atoms with Gasteiger partial charge in [0.15, 0.2) is 0 Å². The lowest BCUT2D eigenvalue weighted by Crippen LogP contribution is -2.44. The van der Waals surface area contributed by atoms with Gasteiger partial charge in [-0.3, -0.25) is 4.79 Å². The van der Waals surface area contributed by atoms with E-state index in [0.29, 0.717) is 19.4 Å². The standard InChI is InChI=1S/C7H12FNO2/c1-11-7-2-3-9(5-10)4-6(7)8/h5-7H,2-4H2,1H3/t6-,7+/m1/s1. The van der Waals surface area contributed by atoms with Crippen LogP contribution in [0.15, 0.2) is 0 Å². The minimum atomic E-state index is -1.03. The molecule has 0 bridgehead atoms. The smallest absolute Gasteiger partial charge is 0.209 e. The molecule has 1 fully saturated rings. The van der Waals surface area contributed by atoms with Gasteiger partial charge in [0.25, 0.3) is 0 Å². The van der Waals surface area contributed by atoms with Crippen molar-refractivity contribution in [2.75, 3.05) is 20.2 Å². The fourth-order valence-corrected chi connectivity index (χ4v) is 1.27. The molecule has 1 amide bonds. The SMILES string of the molecule is CO[C@H]1CCN(C=O)C[C@H]1F. The highest BCUT2D eigenvalue weighted by molar-refractivity contribution is 5.47. The molecule has 1 heterocycles. The first-order valence-electron chi connectivity index (χ1n) is 3.64. The van der Waals surface area contributed by atoms with Crippen LogP contribution in [0.5, 0.6) is 0 Å². The summed E-state index contributed by atoms with van der Waals surface area (Å²) in [4.78, 5) is 11.6. The number of nitrogens with zero attached hydrogens (tertiary/aromatic N) is 1. The second kappa shape index (κ2) is 3.67. The second-order valence-electron chi connectivity index (χ2n) is 2.68. The first-order chi connectivity index (χ1) is 5.27. The summed E-state index contributed by atoms with van der Waals surface area (Å²) in [6.45, 7) is 0.768. The Kier molecular flexibility index (Phi) is 2.82. The third kappa shape index (κ3) is 1.89. The maximum absolute atomic E-state index is 13.0. The van der Waals surface area contributed by atoms with Gasteiger partial charge in [0.05, 0.1) is 12.6 Å². The minimum Gasteiger partial charge on any atom is -0.378 e. The molecule has 0 aromatic heterocycles. The average molecular weight is 161 g/mol. The van der Waals surface area contributed by atoms with Crippen LogP contribution in [-0.4, -0.2) is 43.8 Å². The van der Waals surface area contributed by atoms with E-state index >= 15 is 0 Å². The summed E-state index contributed by atoms with van der Waals surface area (Å²) >= 11 is 0. The molecule has 1 aliphatic heterocycles. The molecule has 0 saturated carbocycles. The first-order valence-corrected chi connectivity index (χ1v) is 3.64. The van der Waals surface area contributed by atoms with Crippen molar-refractivity contribution in [1.82, 2.24) is 4.90 Å². The van der Waals surface area contributed by atoms with Crippen molar-refractivity contribution in [1.29, 1.82) is 0 Å². The van der Waals surface area contributed by atoms with Gasteiger partial charge in [-0.25, -0.2) is 4.39 Å². The fraction of sp³-hybridized carbons (Fsp3) is 0.857. The molecule has 64 valence electrons. The number of carbonyl (C=O) groups excluding carboxylic acids is 1. The van der Waals surface area contributed by atoms with Gasteiger partial charge >= 0.3 is 0 Å². The van der Waals surface area contributed by atoms with E-state index in [9.17, 15) is 9.18 Å². The number of alkyl halides is 1. The molecule has 4 heteroatoms. The predicted molar refractivity (Wildman–Crippen MR) is 37.9 cm³/mol. The number of ether oxygens (including phenoxy) is 1. The Bertz CT molecular complexity index is 142. The molecule has 0 aromatic carbocycles. The molecule has 2 atom stereocenters. The number of rotatable bonds is 2. The Labute approximate surface area is 65.1 Å². The molecule has 0 N–H and O–H groups in total. The summed E-state index contributed by atoms with van der Waals surface area (Å²) in [5.41, 5.74) is 0. The van der Waals surface area contributed by atoms with Gasteiger partial charge in [-0.15, -0.1) is 0 Å². The zero-order valence-corrected chi connectivity index (χ0v) is 6.50. The van der Waals surface area contributed by atoms with Gasteiger partial charge in [-0.05, 0) is 6.42 Å². The summed E-state index contributed by atoms with van der Waals surface area (Å²) in [7, 11) is 1.49. The highest BCUT2D eigenvalue weighted by Gasteiger charge is 2.27. The van der Waals surface area contributed by atoms with Crippen molar-refractivity contribution in [2.45, 2.75) is 18.7 Å². The van der Waals surface area contributed by atoms with Crippen LogP contribution in [0, 0.1) is 0 Å². The largest absolute Gasteiger partial charge is 0.378 e. The van der Waals surface area contributed by atoms with Gasteiger partial charge in [0.1, 0.15) is 6.17 Å². The molecule has 0 aliphatic carbocycles. The topological polar surface area (TPSA) is 29.5 Å². The number of carbonyl (C=O) groups is 1. The lowest BCUT2D eigenvalue weighted by molar-refractivity contribution is -0.122. The summed E-state index contributed by atoms with van der Waals surface area (Å²) in [6, 6.07) is 0. The zero-order chi connectivity index (χ0) is 8.27. The van der Waals surface area contributed by atoms with Crippen LogP contribution in [0.2, 0.25) is 0 Å². The number of hydrogen-bond donors (Lipinski definition) is 0. The zero-order valence-electron chi connectivity index (χ0n) is 6.50. The monoisotopic (exact) mass is 161 g/mol. The van der Waals surface area contributed by atoms with E-state index in [0.717, 1.165) is 0 Å². The maximum atomic E-state index is 13.0. The summed E-state index contributed by atoms with van der Waals surface area (Å²) in [5, 5.41) is 0. The summed E-state index contributed by atoms with van der Waals surface area (Å²) < 4.78 is 17.8. The van der Waals surface area contributed by atoms with E-state index in [1.54, 1.807) is 0 Å². The van der Waals surface area contributed by atoms with Gasteiger partial charge in [-0.1, -0.05) is 0 Å². The Balaban J connectivity index is 2.40. The fourth-order valence-electron chi connectivity index (χ4n) is 1.27. The van der Waals surface area contributed by atoms with E-state index in [4.69, 9.17) is 4.74 Å². The van der Waals surface area contributed by atoms with E-state index in [-0.39, 0.29) is 12.6 Å². The predicted octanol–water partition coefficient (Wildman–Crippen LogP) is 0.202. The van der Waals surface area contributed by atoms with Gasteiger partial charge in [0.2, 0.25) is 6.41 Å². The molecule has 0 radical (unpaired) electrons. The number of hydrogen-bond acceptors (Lipinski definition) is 2. The van der Waals surface area contributed by atoms with Gasteiger partial charge in [0, 0.05) is 13.7 Å². The van der Waals surface area contributed by atoms with Crippen LogP contribution in [0.3, 0.4) is 0 Å². The second-order valence-corrected chi connectivity index (χ2v) is 2.68. The van der Waals surface area contributed by atoms with E-state index < -0.39 is 6.17 Å². The number of amides is 1. The van der Waals surface area contributed by atoms with Crippen LogP contribution in [-0.2, 0) is 9.53 Å². The van der Waals surface area contributed by atoms with Crippen LogP contribution >= 0.6 is 0 Å². The number of methoxy groups -OCH3 is 1.